The Hall–Kier alpha value is 0.757. The van der Waals surface area contributed by atoms with E-state index in [1.165, 1.54) is 0 Å². The van der Waals surface area contributed by atoms with E-state index in [4.69, 9.17) is 26.6 Å². The van der Waals surface area contributed by atoms with E-state index in [0.29, 0.717) is 0 Å². The van der Waals surface area contributed by atoms with Crippen molar-refractivity contribution in [2.24, 2.45) is 0 Å². The lowest BCUT2D eigenvalue weighted by molar-refractivity contribution is 0.249. The second-order valence-corrected chi connectivity index (χ2v) is 8.73. The van der Waals surface area contributed by atoms with Crippen LogP contribution < -0.4 is 0 Å². The lowest BCUT2D eigenvalue weighted by Crippen LogP contribution is -2.23. The number of hydrogen-bond acceptors (Lipinski definition) is 1. The molecule has 0 radical (unpaired) electrons. The molecule has 0 amide bonds. The Morgan fingerprint density at radius 1 is 1.38 bits per heavy atom. The van der Waals surface area contributed by atoms with Crippen LogP contribution in [0.5, 0.6) is 0 Å². The van der Waals surface area contributed by atoms with Crippen molar-refractivity contribution in [3.63, 3.8) is 0 Å². The van der Waals surface area contributed by atoms with Gasteiger partial charge < -0.3 is 4.43 Å². The summed E-state index contributed by atoms with van der Waals surface area (Å²) in [7, 11) is 0. The Labute approximate surface area is 60.5 Å². The molecule has 0 unspecified atom stereocenters. The quantitative estimate of drug-likeness (QED) is 0.460. The zero-order valence-corrected chi connectivity index (χ0v) is 7.75. The minimum absolute atomic E-state index is 0.140. The summed E-state index contributed by atoms with van der Waals surface area (Å²) in [4.78, 5) is 0. The van der Waals surface area contributed by atoms with Gasteiger partial charge in [0.2, 0.25) is 0 Å². The molecule has 0 aliphatic carbocycles. The fourth-order valence-corrected chi connectivity index (χ4v) is 2.31. The molecule has 0 aromatic rings. The van der Waals surface area contributed by atoms with Crippen LogP contribution in [-0.4, -0.2) is 13.0 Å². The molecule has 0 saturated carbocycles. The van der Waals surface area contributed by atoms with Gasteiger partial charge in [0, 0.05) is 6.10 Å². The fraction of sp³-hybridized carbons (Fsp3) is 1.00. The minimum atomic E-state index is -2.28. The maximum Gasteiger partial charge on any atom is 0.386 e. The van der Waals surface area contributed by atoms with Crippen LogP contribution in [0.2, 0.25) is 6.55 Å². The highest BCUT2D eigenvalue weighted by molar-refractivity contribution is 7.41. The van der Waals surface area contributed by atoms with Crippen LogP contribution in [0.3, 0.4) is 0 Å². The number of halogens is 2. The highest BCUT2D eigenvalue weighted by Gasteiger charge is 2.23. The number of rotatable bonds is 2. The number of hydrogen-bond donors (Lipinski definition) is 0. The van der Waals surface area contributed by atoms with Gasteiger partial charge in [-0.3, -0.25) is 0 Å². The monoisotopic (exact) mass is 172 g/mol. The largest absolute Gasteiger partial charge is 0.390 e. The molecular weight excluding hydrogens is 163 g/mol. The molecule has 0 aromatic heterocycles. The zero-order chi connectivity index (χ0) is 6.78. The minimum Gasteiger partial charge on any atom is -0.390 e. The van der Waals surface area contributed by atoms with Crippen molar-refractivity contribution < 1.29 is 4.43 Å². The predicted octanol–water partition coefficient (Wildman–Crippen LogP) is 2.46. The molecule has 0 bridgehead atoms. The Balaban J connectivity index is 3.39. The first kappa shape index (κ1) is 8.76. The smallest absolute Gasteiger partial charge is 0.386 e. The van der Waals surface area contributed by atoms with Gasteiger partial charge in [0.25, 0.3) is 0 Å². The maximum absolute atomic E-state index is 5.61. The SMILES string of the molecule is CC(C)O[Si](C)(Cl)Cl. The molecule has 0 N–H and O–H groups in total. The van der Waals surface area contributed by atoms with Crippen molar-refractivity contribution >= 4 is 29.1 Å². The highest BCUT2D eigenvalue weighted by Crippen LogP contribution is 2.16. The summed E-state index contributed by atoms with van der Waals surface area (Å²) in [5, 5.41) is 0. The third-order valence-corrected chi connectivity index (χ3v) is 1.86. The van der Waals surface area contributed by atoms with Crippen LogP contribution in [0.1, 0.15) is 13.8 Å². The first-order chi connectivity index (χ1) is 3.42. The maximum atomic E-state index is 5.61. The van der Waals surface area contributed by atoms with E-state index in [1.807, 2.05) is 13.8 Å². The molecule has 4 heteroatoms. The predicted molar refractivity (Wildman–Crippen MR) is 39.5 cm³/mol. The molecule has 0 aromatic carbocycles. The Kier molecular flexibility index (Phi) is 3.35. The second-order valence-electron chi connectivity index (χ2n) is 1.97. The van der Waals surface area contributed by atoms with Gasteiger partial charge in [-0.05, 0) is 20.4 Å². The average molecular weight is 173 g/mol. The molecule has 0 atom stereocenters. The van der Waals surface area contributed by atoms with E-state index in [2.05, 4.69) is 0 Å². The average Bonchev–Trinajstić information content (AvgIpc) is 1.21. The summed E-state index contributed by atoms with van der Waals surface area (Å²) in [6.07, 6.45) is 0.140. The summed E-state index contributed by atoms with van der Waals surface area (Å²) < 4.78 is 5.11. The van der Waals surface area contributed by atoms with E-state index in [-0.39, 0.29) is 6.10 Å². The van der Waals surface area contributed by atoms with Gasteiger partial charge in [0.05, 0.1) is 0 Å². The van der Waals surface area contributed by atoms with Gasteiger partial charge in [-0.2, -0.15) is 0 Å². The third-order valence-electron chi connectivity index (χ3n) is 0.443. The first-order valence-corrected chi connectivity index (χ1v) is 6.90. The van der Waals surface area contributed by atoms with Crippen LogP contribution in [-0.2, 0) is 4.43 Å². The van der Waals surface area contributed by atoms with Gasteiger partial charge in [-0.25, -0.2) is 0 Å². The summed E-state index contributed by atoms with van der Waals surface area (Å²) >= 11 is 11.2. The topological polar surface area (TPSA) is 9.23 Å². The van der Waals surface area contributed by atoms with E-state index in [1.54, 1.807) is 6.55 Å². The molecular formula is C4H10Cl2OSi. The van der Waals surface area contributed by atoms with Gasteiger partial charge in [-0.1, -0.05) is 0 Å². The van der Waals surface area contributed by atoms with Crippen LogP contribution >= 0.6 is 22.2 Å². The second kappa shape index (κ2) is 3.06. The highest BCUT2D eigenvalue weighted by atomic mass is 35.7. The molecule has 0 saturated heterocycles. The first-order valence-electron chi connectivity index (χ1n) is 2.47. The summed E-state index contributed by atoms with van der Waals surface area (Å²) in [6, 6.07) is 0. The molecule has 0 rings (SSSR count). The van der Waals surface area contributed by atoms with E-state index < -0.39 is 6.94 Å². The van der Waals surface area contributed by atoms with Crippen LogP contribution in [0.25, 0.3) is 0 Å². The van der Waals surface area contributed by atoms with Gasteiger partial charge in [-0.15, -0.1) is 22.2 Å². The van der Waals surface area contributed by atoms with E-state index in [0.717, 1.165) is 0 Å². The Morgan fingerprint density at radius 3 is 1.75 bits per heavy atom. The standard InChI is InChI=1S/C4H10Cl2OSi/c1-4(2)7-8(3,5)6/h4H,1-3H3. The van der Waals surface area contributed by atoms with Crippen molar-refractivity contribution in [1.82, 2.24) is 0 Å². The summed E-state index contributed by atoms with van der Waals surface area (Å²) in [5.74, 6) is 0. The third kappa shape index (κ3) is 6.76. The summed E-state index contributed by atoms with van der Waals surface area (Å²) in [6.45, 7) is 3.28. The van der Waals surface area contributed by atoms with Gasteiger partial charge >= 0.3 is 6.94 Å². The lowest BCUT2D eigenvalue weighted by Gasteiger charge is -2.14. The van der Waals surface area contributed by atoms with Crippen LogP contribution in [0, 0.1) is 0 Å². The molecule has 0 aliphatic rings. The molecule has 0 aliphatic heterocycles. The molecule has 1 nitrogen and oxygen atoms in total. The fourth-order valence-electron chi connectivity index (χ4n) is 0.414. The Morgan fingerprint density at radius 2 is 1.75 bits per heavy atom. The molecule has 50 valence electrons. The molecule has 0 heterocycles. The Bertz CT molecular complexity index is 68.9. The molecule has 8 heavy (non-hydrogen) atoms. The van der Waals surface area contributed by atoms with Crippen molar-refractivity contribution in [2.45, 2.75) is 26.5 Å². The van der Waals surface area contributed by atoms with E-state index in [9.17, 15) is 0 Å². The lowest BCUT2D eigenvalue weighted by atomic mass is 10.5. The van der Waals surface area contributed by atoms with Crippen molar-refractivity contribution in [1.29, 1.82) is 0 Å². The van der Waals surface area contributed by atoms with Crippen LogP contribution in [0.4, 0.5) is 0 Å². The van der Waals surface area contributed by atoms with Crippen molar-refractivity contribution in [3.8, 4) is 0 Å². The molecule has 0 spiro atoms. The van der Waals surface area contributed by atoms with Gasteiger partial charge in [0.15, 0.2) is 0 Å². The van der Waals surface area contributed by atoms with Crippen molar-refractivity contribution in [2.75, 3.05) is 0 Å². The molecule has 0 fully saturated rings. The van der Waals surface area contributed by atoms with Gasteiger partial charge in [0.1, 0.15) is 0 Å². The normalized spacial score (nSPS) is 12.8. The van der Waals surface area contributed by atoms with Crippen LogP contribution in [0.15, 0.2) is 0 Å². The summed E-state index contributed by atoms with van der Waals surface area (Å²) in [5.41, 5.74) is 0. The van der Waals surface area contributed by atoms with E-state index >= 15 is 0 Å². The zero-order valence-electron chi connectivity index (χ0n) is 5.24. The van der Waals surface area contributed by atoms with Crippen molar-refractivity contribution in [3.05, 3.63) is 0 Å².